The zero-order valence-corrected chi connectivity index (χ0v) is 10.3. The van der Waals surface area contributed by atoms with Crippen LogP contribution in [0.5, 0.6) is 5.75 Å². The lowest BCUT2D eigenvalue weighted by molar-refractivity contribution is 0.420. The predicted octanol–water partition coefficient (Wildman–Crippen LogP) is 4.58. The van der Waals surface area contributed by atoms with Gasteiger partial charge < -0.3 is 4.74 Å². The highest BCUT2D eigenvalue weighted by Crippen LogP contribution is 2.35. The summed E-state index contributed by atoms with van der Waals surface area (Å²) in [6.07, 6.45) is 0. The van der Waals surface area contributed by atoms with Crippen LogP contribution in [0, 0.1) is 0 Å². The summed E-state index contributed by atoms with van der Waals surface area (Å²) in [6, 6.07) is 16.8. The fraction of sp³-hybridized carbons (Fsp3) is 0.0667. The topological polar surface area (TPSA) is 9.23 Å². The van der Waals surface area contributed by atoms with Crippen LogP contribution in [-0.2, 0) is 0 Å². The molecule has 0 saturated heterocycles. The average molecular weight is 240 g/mol. The second kappa shape index (κ2) is 4.22. The van der Waals surface area contributed by atoms with Crippen LogP contribution >= 0.6 is 11.3 Å². The van der Waals surface area contributed by atoms with Crippen molar-refractivity contribution in [1.82, 2.24) is 0 Å². The first-order valence-electron chi connectivity index (χ1n) is 5.50. The molecule has 0 N–H and O–H groups in total. The SMILES string of the molecule is COc1ccc(-c2cccs2)c2ccccc12. The number of methoxy groups -OCH3 is 1. The van der Waals surface area contributed by atoms with Gasteiger partial charge in [0.1, 0.15) is 5.75 Å². The summed E-state index contributed by atoms with van der Waals surface area (Å²) in [6.45, 7) is 0. The Morgan fingerprint density at radius 2 is 1.71 bits per heavy atom. The van der Waals surface area contributed by atoms with Gasteiger partial charge in [0.25, 0.3) is 0 Å². The Hall–Kier alpha value is -1.80. The Morgan fingerprint density at radius 3 is 2.41 bits per heavy atom. The second-order valence-corrected chi connectivity index (χ2v) is 4.79. The van der Waals surface area contributed by atoms with Gasteiger partial charge in [-0.25, -0.2) is 0 Å². The lowest BCUT2D eigenvalue weighted by Gasteiger charge is -2.09. The zero-order chi connectivity index (χ0) is 11.7. The molecule has 0 unspecified atom stereocenters. The largest absolute Gasteiger partial charge is 0.496 e. The molecule has 0 aliphatic heterocycles. The maximum atomic E-state index is 5.40. The minimum Gasteiger partial charge on any atom is -0.496 e. The van der Waals surface area contributed by atoms with Crippen LogP contribution < -0.4 is 4.74 Å². The molecule has 0 radical (unpaired) electrons. The van der Waals surface area contributed by atoms with Crippen LogP contribution in [0.25, 0.3) is 21.2 Å². The highest BCUT2D eigenvalue weighted by molar-refractivity contribution is 7.13. The first-order valence-corrected chi connectivity index (χ1v) is 6.38. The van der Waals surface area contributed by atoms with Gasteiger partial charge in [-0.2, -0.15) is 0 Å². The number of rotatable bonds is 2. The van der Waals surface area contributed by atoms with Crippen LogP contribution in [0.4, 0.5) is 0 Å². The van der Waals surface area contributed by atoms with E-state index in [0.29, 0.717) is 0 Å². The Bertz CT molecular complexity index is 641. The van der Waals surface area contributed by atoms with E-state index in [0.717, 1.165) is 5.75 Å². The van der Waals surface area contributed by atoms with Gasteiger partial charge >= 0.3 is 0 Å². The molecule has 17 heavy (non-hydrogen) atoms. The maximum Gasteiger partial charge on any atom is 0.126 e. The molecule has 84 valence electrons. The number of thiophene rings is 1. The van der Waals surface area contributed by atoms with Crippen LogP contribution in [0.3, 0.4) is 0 Å². The lowest BCUT2D eigenvalue weighted by Crippen LogP contribution is -1.86. The minimum absolute atomic E-state index is 0.931. The fourth-order valence-electron chi connectivity index (χ4n) is 2.10. The summed E-state index contributed by atoms with van der Waals surface area (Å²) in [7, 11) is 1.71. The second-order valence-electron chi connectivity index (χ2n) is 3.84. The molecule has 0 aliphatic rings. The number of hydrogen-bond acceptors (Lipinski definition) is 2. The molecule has 1 aromatic heterocycles. The molecule has 3 rings (SSSR count). The van der Waals surface area contributed by atoms with Crippen LogP contribution in [0.2, 0.25) is 0 Å². The van der Waals surface area contributed by atoms with Crippen molar-refractivity contribution in [3.8, 4) is 16.2 Å². The maximum absolute atomic E-state index is 5.40. The quantitative estimate of drug-likeness (QED) is 0.637. The van der Waals surface area contributed by atoms with Crippen molar-refractivity contribution in [2.75, 3.05) is 7.11 Å². The van der Waals surface area contributed by atoms with Gasteiger partial charge in [-0.3, -0.25) is 0 Å². The number of fused-ring (bicyclic) bond motifs is 1. The highest BCUT2D eigenvalue weighted by Gasteiger charge is 2.07. The molecule has 0 bridgehead atoms. The highest BCUT2D eigenvalue weighted by atomic mass is 32.1. The van der Waals surface area contributed by atoms with Crippen LogP contribution in [0.15, 0.2) is 53.9 Å². The van der Waals surface area contributed by atoms with E-state index in [1.165, 1.54) is 21.2 Å². The van der Waals surface area contributed by atoms with E-state index in [2.05, 4.69) is 41.8 Å². The third kappa shape index (κ3) is 1.71. The van der Waals surface area contributed by atoms with Crippen molar-refractivity contribution < 1.29 is 4.74 Å². The Morgan fingerprint density at radius 1 is 0.882 bits per heavy atom. The predicted molar refractivity (Wildman–Crippen MR) is 73.8 cm³/mol. The van der Waals surface area contributed by atoms with E-state index >= 15 is 0 Å². The third-order valence-corrected chi connectivity index (χ3v) is 3.79. The first-order chi connectivity index (χ1) is 8.40. The summed E-state index contributed by atoms with van der Waals surface area (Å²) in [5.41, 5.74) is 1.27. The Labute approximate surface area is 104 Å². The van der Waals surface area contributed by atoms with Gasteiger partial charge in [0, 0.05) is 10.3 Å². The van der Waals surface area contributed by atoms with E-state index in [1.807, 2.05) is 12.1 Å². The van der Waals surface area contributed by atoms with Gasteiger partial charge in [-0.1, -0.05) is 30.3 Å². The van der Waals surface area contributed by atoms with Crippen molar-refractivity contribution in [3.05, 3.63) is 53.9 Å². The van der Waals surface area contributed by atoms with Gasteiger partial charge in [-0.05, 0) is 34.5 Å². The number of ether oxygens (including phenoxy) is 1. The molecular weight excluding hydrogens is 228 g/mol. The molecule has 1 nitrogen and oxygen atoms in total. The van der Waals surface area contributed by atoms with Crippen molar-refractivity contribution in [2.24, 2.45) is 0 Å². The monoisotopic (exact) mass is 240 g/mol. The van der Waals surface area contributed by atoms with E-state index in [1.54, 1.807) is 18.4 Å². The first kappa shape index (κ1) is 10.4. The van der Waals surface area contributed by atoms with Crippen molar-refractivity contribution >= 4 is 22.1 Å². The molecule has 0 fully saturated rings. The summed E-state index contributed by atoms with van der Waals surface area (Å²) >= 11 is 1.76. The van der Waals surface area contributed by atoms with Crippen molar-refractivity contribution in [3.63, 3.8) is 0 Å². The Kier molecular flexibility index (Phi) is 2.57. The van der Waals surface area contributed by atoms with Crippen molar-refractivity contribution in [1.29, 1.82) is 0 Å². The molecule has 1 heterocycles. The Balaban J connectivity index is 2.34. The number of benzene rings is 2. The molecule has 0 aliphatic carbocycles. The van der Waals surface area contributed by atoms with Gasteiger partial charge in [-0.15, -0.1) is 11.3 Å². The van der Waals surface area contributed by atoms with Gasteiger partial charge in [0.15, 0.2) is 0 Å². The smallest absolute Gasteiger partial charge is 0.126 e. The molecule has 3 aromatic rings. The molecular formula is C15H12OS. The molecule has 0 amide bonds. The zero-order valence-electron chi connectivity index (χ0n) is 9.51. The minimum atomic E-state index is 0.931. The summed E-state index contributed by atoms with van der Waals surface area (Å²) in [5, 5.41) is 4.52. The van der Waals surface area contributed by atoms with E-state index in [9.17, 15) is 0 Å². The van der Waals surface area contributed by atoms with Gasteiger partial charge in [0.2, 0.25) is 0 Å². The van der Waals surface area contributed by atoms with Crippen molar-refractivity contribution in [2.45, 2.75) is 0 Å². The summed E-state index contributed by atoms with van der Waals surface area (Å²) in [5.74, 6) is 0.931. The molecule has 0 atom stereocenters. The summed E-state index contributed by atoms with van der Waals surface area (Å²) < 4.78 is 5.40. The third-order valence-electron chi connectivity index (χ3n) is 2.89. The summed E-state index contributed by atoms with van der Waals surface area (Å²) in [4.78, 5) is 1.30. The normalized spacial score (nSPS) is 10.6. The van der Waals surface area contributed by atoms with Gasteiger partial charge in [0.05, 0.1) is 7.11 Å². The molecule has 2 aromatic carbocycles. The van der Waals surface area contributed by atoms with Crippen LogP contribution in [0.1, 0.15) is 0 Å². The fourth-order valence-corrected chi connectivity index (χ4v) is 2.86. The van der Waals surface area contributed by atoms with E-state index in [4.69, 9.17) is 4.74 Å². The standard InChI is InChI=1S/C15H12OS/c1-16-14-9-8-13(15-7-4-10-17-15)11-5-2-3-6-12(11)14/h2-10H,1H3. The van der Waals surface area contributed by atoms with Crippen LogP contribution in [-0.4, -0.2) is 7.11 Å². The van der Waals surface area contributed by atoms with E-state index in [-0.39, 0.29) is 0 Å². The van der Waals surface area contributed by atoms with E-state index < -0.39 is 0 Å². The molecule has 0 saturated carbocycles. The molecule has 0 spiro atoms. The lowest BCUT2D eigenvalue weighted by atomic mass is 10.0. The average Bonchev–Trinajstić information content (AvgIpc) is 2.91. The number of hydrogen-bond donors (Lipinski definition) is 0. The molecule has 2 heteroatoms.